The molecule has 2 aromatic rings. The van der Waals surface area contributed by atoms with Crippen molar-refractivity contribution in [2.24, 2.45) is 5.92 Å². The van der Waals surface area contributed by atoms with Crippen molar-refractivity contribution in [2.45, 2.75) is 93.4 Å². The van der Waals surface area contributed by atoms with E-state index in [1.54, 1.807) is 26.5 Å². The molecule has 0 saturated carbocycles. The summed E-state index contributed by atoms with van der Waals surface area (Å²) in [6.07, 6.45) is 3.61. The van der Waals surface area contributed by atoms with Crippen molar-refractivity contribution < 1.29 is 46.1 Å². The first kappa shape index (κ1) is 30.5. The molecule has 0 heterocycles. The Balaban J connectivity index is 0.00000216. The van der Waals surface area contributed by atoms with Crippen LogP contribution in [-0.2, 0) is 38.5 Å². The number of rotatable bonds is 2. The van der Waals surface area contributed by atoms with E-state index in [2.05, 4.69) is 113 Å². The minimum atomic E-state index is -2.26. The molecule has 0 aromatic heterocycles. The van der Waals surface area contributed by atoms with Crippen LogP contribution in [0, 0.1) is 5.92 Å². The Labute approximate surface area is 234 Å². The molecule has 0 aliphatic heterocycles. The van der Waals surface area contributed by atoms with E-state index in [9.17, 15) is 0 Å². The van der Waals surface area contributed by atoms with Gasteiger partial charge in [0.1, 0.15) is 0 Å². The van der Waals surface area contributed by atoms with E-state index in [1.165, 1.54) is 27.8 Å². The molecule has 188 valence electrons. The second-order valence-corrected chi connectivity index (χ2v) is 19.5. The number of benzene rings is 2. The molecule has 35 heavy (non-hydrogen) atoms. The molecule has 1 atom stereocenters. The molecule has 0 spiro atoms. The van der Waals surface area contributed by atoms with Gasteiger partial charge in [-0.3, -0.25) is 0 Å². The van der Waals surface area contributed by atoms with Gasteiger partial charge in [-0.15, -0.1) is 0 Å². The fourth-order valence-electron chi connectivity index (χ4n) is 5.86. The summed E-state index contributed by atoms with van der Waals surface area (Å²) in [4.78, 5) is 0. The average molecular weight is 589 g/mol. The second-order valence-electron chi connectivity index (χ2n) is 12.6. The summed E-state index contributed by atoms with van der Waals surface area (Å²) in [5.74, 6) is 0.578. The molecule has 0 fully saturated rings. The van der Waals surface area contributed by atoms with Crippen LogP contribution in [0.1, 0.15) is 98.4 Å². The molecule has 0 saturated heterocycles. The molecule has 0 radical (unpaired) electrons. The van der Waals surface area contributed by atoms with E-state index in [0.29, 0.717) is 5.92 Å². The Morgan fingerprint density at radius 3 is 1.94 bits per heavy atom. The first-order valence-corrected chi connectivity index (χ1v) is 16.3. The fourth-order valence-corrected chi connectivity index (χ4v) is 14.9. The number of hydrogen-bond acceptors (Lipinski definition) is 0. The van der Waals surface area contributed by atoms with Gasteiger partial charge in [-0.25, -0.2) is 0 Å². The summed E-state index contributed by atoms with van der Waals surface area (Å²) in [5.41, 5.74) is 12.6. The Bertz CT molecular complexity index is 1240. The van der Waals surface area contributed by atoms with Gasteiger partial charge in [-0.1, -0.05) is 0 Å². The quantitative estimate of drug-likeness (QED) is 0.431. The summed E-state index contributed by atoms with van der Waals surface area (Å²) < 4.78 is 5.28. The predicted octanol–water partition coefficient (Wildman–Crippen LogP) is 2.19. The summed E-state index contributed by atoms with van der Waals surface area (Å²) in [5, 5.41) is 0. The van der Waals surface area contributed by atoms with Crippen molar-refractivity contribution in [1.82, 2.24) is 0 Å². The zero-order chi connectivity index (χ0) is 24.5. The zero-order valence-corrected chi connectivity index (χ0v) is 27.5. The minimum Gasteiger partial charge on any atom is -1.00 e. The van der Waals surface area contributed by atoms with Crippen LogP contribution in [0.2, 0.25) is 0 Å². The van der Waals surface area contributed by atoms with Gasteiger partial charge in [0.25, 0.3) is 0 Å². The third kappa shape index (κ3) is 5.44. The number of fused-ring (bicyclic) bond motifs is 3. The van der Waals surface area contributed by atoms with Gasteiger partial charge >= 0.3 is 211 Å². The summed E-state index contributed by atoms with van der Waals surface area (Å²) >= 11 is -2.26. The van der Waals surface area contributed by atoms with Gasteiger partial charge < -0.3 is 24.8 Å². The maximum absolute atomic E-state index is 2.51. The molecule has 0 bridgehead atoms. The number of hydrogen-bond donors (Lipinski definition) is 0. The SMILES string of the molecule is CC1=CC(C)[C]([Zr+2](=[C](C)C)[c]2c(C(C)(C)C)ccc3c2Cc2cc(C(C)(C)C)ccc2-3)=C1C.[Cl-].[Cl-]. The first-order valence-electron chi connectivity index (χ1n) is 12.6. The smallest absolute Gasteiger partial charge is 1.00 e. The molecule has 2 aliphatic rings. The van der Waals surface area contributed by atoms with E-state index >= 15 is 0 Å². The molecule has 2 aliphatic carbocycles. The largest absolute Gasteiger partial charge is 1.00 e. The van der Waals surface area contributed by atoms with E-state index in [4.69, 9.17) is 0 Å². The molecule has 0 amide bonds. The monoisotopic (exact) mass is 586 g/mol. The Morgan fingerprint density at radius 2 is 1.46 bits per heavy atom. The van der Waals surface area contributed by atoms with Crippen LogP contribution in [0.3, 0.4) is 0 Å². The van der Waals surface area contributed by atoms with Crippen LogP contribution < -0.4 is 28.1 Å². The maximum atomic E-state index is 2.51. The van der Waals surface area contributed by atoms with E-state index in [-0.39, 0.29) is 35.6 Å². The second kappa shape index (κ2) is 10.6. The Kier molecular flexibility index (Phi) is 9.19. The molecule has 1 unspecified atom stereocenters. The van der Waals surface area contributed by atoms with Crippen LogP contribution >= 0.6 is 0 Å². The van der Waals surface area contributed by atoms with Gasteiger partial charge in [0.05, 0.1) is 0 Å². The van der Waals surface area contributed by atoms with E-state index in [0.717, 1.165) is 6.42 Å². The first-order chi connectivity index (χ1) is 15.2. The standard InChI is InChI=1S/C21H25.C8H11.C3H6.2ClH.Zr/c1-20(2,3)16-7-9-18-14(12-16)11-15-13-17(21(4,5)6)8-10-19(15)18;1-6-4-7(2)8(3)5-6;1-3-2;;;/h7-10,12H,11H2,1-6H3;4,6H,1-3H3;1-2H3;2*1H;/q;;;;;+2/p-2. The van der Waals surface area contributed by atoms with Crippen molar-refractivity contribution in [3.05, 3.63) is 73.1 Å². The third-order valence-corrected chi connectivity index (χ3v) is 16.2. The zero-order valence-electron chi connectivity index (χ0n) is 23.5. The minimum absolute atomic E-state index is 0. The molecule has 0 nitrogen and oxygen atoms in total. The Hall–Kier alpha value is -0.747. The predicted molar refractivity (Wildman–Crippen MR) is 144 cm³/mol. The van der Waals surface area contributed by atoms with Crippen molar-refractivity contribution >= 4 is 6.48 Å². The number of allylic oxidation sites excluding steroid dienone is 4. The van der Waals surface area contributed by atoms with Gasteiger partial charge in [-0.05, 0) is 0 Å². The fraction of sp³-hybridized carbons (Fsp3) is 0.469. The topological polar surface area (TPSA) is 0 Å². The molecular weight excluding hydrogens is 546 g/mol. The van der Waals surface area contributed by atoms with Crippen molar-refractivity contribution in [3.63, 3.8) is 0 Å². The average Bonchev–Trinajstić information content (AvgIpc) is 3.18. The van der Waals surface area contributed by atoms with Crippen LogP contribution in [0.5, 0.6) is 0 Å². The summed E-state index contributed by atoms with van der Waals surface area (Å²) in [6, 6.07) is 12.2. The van der Waals surface area contributed by atoms with E-state index in [1.807, 2.05) is 0 Å². The van der Waals surface area contributed by atoms with Gasteiger partial charge in [0, 0.05) is 0 Å². The van der Waals surface area contributed by atoms with Crippen LogP contribution in [0.15, 0.2) is 50.8 Å². The normalized spacial score (nSPS) is 16.5. The molecule has 3 heteroatoms. The summed E-state index contributed by atoms with van der Waals surface area (Å²) in [6.45, 7) is 26.2. The van der Waals surface area contributed by atoms with Crippen molar-refractivity contribution in [3.8, 4) is 11.1 Å². The summed E-state index contributed by atoms with van der Waals surface area (Å²) in [7, 11) is 0. The molecule has 4 rings (SSSR count). The van der Waals surface area contributed by atoms with Crippen LogP contribution in [-0.4, -0.2) is 3.21 Å². The number of halogens is 2. The maximum Gasteiger partial charge on any atom is -1.00 e. The Morgan fingerprint density at radius 1 is 0.857 bits per heavy atom. The van der Waals surface area contributed by atoms with Crippen LogP contribution in [0.25, 0.3) is 11.1 Å². The molecule has 2 aromatic carbocycles. The third-order valence-electron chi connectivity index (χ3n) is 7.72. The van der Waals surface area contributed by atoms with Crippen molar-refractivity contribution in [1.29, 1.82) is 0 Å². The molecular formula is C32H42Cl2Zr. The van der Waals surface area contributed by atoms with Gasteiger partial charge in [-0.2, -0.15) is 0 Å². The van der Waals surface area contributed by atoms with Crippen LogP contribution in [0.4, 0.5) is 0 Å². The van der Waals surface area contributed by atoms with Crippen molar-refractivity contribution in [2.75, 3.05) is 0 Å². The molecule has 0 N–H and O–H groups in total. The van der Waals surface area contributed by atoms with E-state index < -0.39 is 21.3 Å². The van der Waals surface area contributed by atoms with Gasteiger partial charge in [0.2, 0.25) is 0 Å². The van der Waals surface area contributed by atoms with Gasteiger partial charge in [0.15, 0.2) is 0 Å².